The minimum absolute atomic E-state index is 0.0109. The first-order valence-corrected chi connectivity index (χ1v) is 21.0. The molecule has 7 fully saturated rings. The van der Waals surface area contributed by atoms with Crippen LogP contribution in [0.15, 0.2) is 47.6 Å². The number of fused-ring (bicyclic) bond motifs is 12. The highest BCUT2D eigenvalue weighted by molar-refractivity contribution is 6.02. The number of hydrogen-bond acceptors (Lipinski definition) is 12. The van der Waals surface area contributed by atoms with Crippen molar-refractivity contribution >= 4 is 23.1 Å². The zero-order valence-electron chi connectivity index (χ0n) is 34.5. The average Bonchev–Trinajstić information content (AvgIpc) is 3.67. The average molecular weight is 829 g/mol. The highest BCUT2D eigenvalue weighted by atomic mass is 19.1. The highest BCUT2D eigenvalue weighted by Gasteiger charge is 2.80. The van der Waals surface area contributed by atoms with Crippen LogP contribution in [-0.2, 0) is 28.7 Å². The van der Waals surface area contributed by atoms with E-state index >= 15 is 8.78 Å². The SMILES string of the molecule is CC1(C)O[C@@H]2C[C@H]3[C@@H]4CCC5=CC(=O)C=C[C@]5(C)[C@@]4(F)[C@@H](O)C[C@]3(C)[C@]2(C(=O)CO)O1.C[C@]12C=CC(=O)C=C1CC[C@H]1[C@@H]3C[C@@H](O)[C@](O)(C(=O)CO)[C@@]3(C)C[C@H](O)[C@@]12F. The van der Waals surface area contributed by atoms with Crippen molar-refractivity contribution in [2.75, 3.05) is 13.2 Å². The summed E-state index contributed by atoms with van der Waals surface area (Å²) in [6.07, 6.45) is 5.93. The number of ether oxygens (including phenoxy) is 2. The smallest absolute Gasteiger partial charge is 0.193 e. The fourth-order valence-electron chi connectivity index (χ4n) is 14.8. The molecule has 9 aliphatic rings. The van der Waals surface area contributed by atoms with Gasteiger partial charge in [-0.25, -0.2) is 8.78 Å². The van der Waals surface area contributed by atoms with Crippen LogP contribution in [0.25, 0.3) is 0 Å². The summed E-state index contributed by atoms with van der Waals surface area (Å²) < 4.78 is 46.3. The quantitative estimate of drug-likeness (QED) is 0.242. The third kappa shape index (κ3) is 5.03. The maximum absolute atomic E-state index is 17.1. The van der Waals surface area contributed by atoms with E-state index in [0.717, 1.165) is 5.57 Å². The Morgan fingerprint density at radius 2 is 1.15 bits per heavy atom. The van der Waals surface area contributed by atoms with Gasteiger partial charge in [0.25, 0.3) is 0 Å². The molecule has 1 saturated heterocycles. The van der Waals surface area contributed by atoms with Gasteiger partial charge in [0.15, 0.2) is 51.5 Å². The van der Waals surface area contributed by atoms with Crippen LogP contribution < -0.4 is 0 Å². The number of hydrogen-bond donors (Lipinski definition) is 6. The van der Waals surface area contributed by atoms with Gasteiger partial charge < -0.3 is 40.1 Å². The number of aliphatic hydroxyl groups is 6. The predicted molar refractivity (Wildman–Crippen MR) is 205 cm³/mol. The number of carbonyl (C=O) groups is 4. The number of alkyl halides is 2. The van der Waals surface area contributed by atoms with Gasteiger partial charge in [-0.15, -0.1) is 0 Å². The summed E-state index contributed by atoms with van der Waals surface area (Å²) in [7, 11) is 0. The molecule has 0 unspecified atom stereocenters. The zero-order valence-corrected chi connectivity index (χ0v) is 34.5. The molecule has 0 spiro atoms. The number of Topliss-reactive ketones (excluding diaryl/α,β-unsaturated/α-hetero) is 2. The molecule has 6 saturated carbocycles. The molecular weight excluding hydrogens is 770 g/mol. The first-order chi connectivity index (χ1) is 27.3. The third-order valence-electron chi connectivity index (χ3n) is 17.6. The van der Waals surface area contributed by atoms with Gasteiger partial charge in [-0.3, -0.25) is 19.2 Å². The number of ketones is 4. The van der Waals surface area contributed by atoms with Crippen LogP contribution >= 0.6 is 0 Å². The van der Waals surface area contributed by atoms with Crippen LogP contribution in [0.4, 0.5) is 8.78 Å². The van der Waals surface area contributed by atoms with Crippen molar-refractivity contribution < 1.29 is 68.1 Å². The lowest BCUT2D eigenvalue weighted by molar-refractivity contribution is -0.246. The molecule has 59 heavy (non-hydrogen) atoms. The molecule has 1 aliphatic heterocycles. The minimum Gasteiger partial charge on any atom is -0.390 e. The van der Waals surface area contributed by atoms with E-state index in [0.29, 0.717) is 37.7 Å². The van der Waals surface area contributed by atoms with Crippen LogP contribution in [0.1, 0.15) is 92.9 Å². The molecule has 8 aliphatic carbocycles. The fraction of sp³-hybridized carbons (Fsp3) is 0.733. The summed E-state index contributed by atoms with van der Waals surface area (Å²) in [5.41, 5.74) is -10.8. The maximum Gasteiger partial charge on any atom is 0.193 e. The van der Waals surface area contributed by atoms with Gasteiger partial charge in [-0.2, -0.15) is 0 Å². The Morgan fingerprint density at radius 1 is 0.695 bits per heavy atom. The monoisotopic (exact) mass is 828 g/mol. The molecule has 12 nitrogen and oxygen atoms in total. The van der Waals surface area contributed by atoms with Crippen LogP contribution in [0.5, 0.6) is 0 Å². The number of rotatable bonds is 4. The number of allylic oxidation sites excluding steroid dienone is 8. The number of aliphatic hydroxyl groups excluding tert-OH is 5. The first kappa shape index (κ1) is 42.9. The Labute approximate surface area is 342 Å². The lowest BCUT2D eigenvalue weighted by Gasteiger charge is -2.62. The van der Waals surface area contributed by atoms with E-state index in [2.05, 4.69) is 0 Å². The summed E-state index contributed by atoms with van der Waals surface area (Å²) in [5, 5.41) is 63.3. The van der Waals surface area contributed by atoms with Crippen molar-refractivity contribution in [3.8, 4) is 0 Å². The molecule has 9 rings (SSSR count). The Balaban J connectivity index is 0.000000165. The second-order valence-electron chi connectivity index (χ2n) is 20.3. The van der Waals surface area contributed by atoms with Crippen molar-refractivity contribution in [1.29, 1.82) is 0 Å². The third-order valence-corrected chi connectivity index (χ3v) is 17.6. The van der Waals surface area contributed by atoms with Crippen LogP contribution in [0, 0.1) is 45.3 Å². The maximum atomic E-state index is 17.1. The van der Waals surface area contributed by atoms with E-state index in [1.165, 1.54) is 30.4 Å². The van der Waals surface area contributed by atoms with Crippen LogP contribution in [-0.4, -0.2) is 120 Å². The van der Waals surface area contributed by atoms with Crippen molar-refractivity contribution in [2.45, 2.75) is 146 Å². The summed E-state index contributed by atoms with van der Waals surface area (Å²) in [6, 6.07) is 0. The Kier molecular flexibility index (Phi) is 9.52. The standard InChI is InChI=1S/C24H31FO6.C21H27FO6/c1-20(2)30-19-10-16-15-6-5-13-9-14(27)7-8-21(13,3)23(15,25)17(28)11-22(16,4)24(19,31-20)18(29)12-26;1-18-6-5-12(24)7-11(18)3-4-13-14-8-15(25)21(28,17(27)10-23)19(14,2)9-16(26)20(13,18)22/h7-9,15-17,19,26,28H,5-6,10-12H2,1-4H3;5-7,13-16,23,25-26,28H,3-4,8-10H2,1-2H3/t15-,16-,17-,19+,21-,22-,23-,24+;13-,14-,15+,16-,18-,19-,20-,21-/m00/s1. The molecule has 0 bridgehead atoms. The summed E-state index contributed by atoms with van der Waals surface area (Å²) in [5.74, 6) is -4.84. The molecule has 0 radical (unpaired) electrons. The minimum atomic E-state index is -2.23. The molecular formula is C45H58F2O12. The first-order valence-electron chi connectivity index (χ1n) is 21.0. The van der Waals surface area contributed by atoms with E-state index in [1.807, 2.05) is 6.92 Å². The van der Waals surface area contributed by atoms with Crippen LogP contribution in [0.2, 0.25) is 0 Å². The molecule has 6 N–H and O–H groups in total. The van der Waals surface area contributed by atoms with Gasteiger partial charge in [0.2, 0.25) is 0 Å². The molecule has 0 amide bonds. The van der Waals surface area contributed by atoms with E-state index in [-0.39, 0.29) is 36.7 Å². The second kappa shape index (κ2) is 13.1. The van der Waals surface area contributed by atoms with E-state index < -0.39 is 117 Å². The molecule has 16 atom stereocenters. The molecule has 14 heteroatoms. The topological polar surface area (TPSA) is 208 Å². The number of carbonyl (C=O) groups excluding carboxylic acids is 4. The Morgan fingerprint density at radius 3 is 1.63 bits per heavy atom. The van der Waals surface area contributed by atoms with E-state index in [1.54, 1.807) is 40.7 Å². The van der Waals surface area contributed by atoms with Gasteiger partial charge >= 0.3 is 0 Å². The highest BCUT2D eigenvalue weighted by Crippen LogP contribution is 2.73. The van der Waals surface area contributed by atoms with E-state index in [9.17, 15) is 49.8 Å². The molecule has 1 heterocycles. The van der Waals surface area contributed by atoms with Gasteiger partial charge in [0, 0.05) is 33.5 Å². The lowest BCUT2D eigenvalue weighted by atomic mass is 9.44. The zero-order chi connectivity index (χ0) is 43.3. The predicted octanol–water partition coefficient (Wildman–Crippen LogP) is 3.04. The van der Waals surface area contributed by atoms with E-state index in [4.69, 9.17) is 9.47 Å². The van der Waals surface area contributed by atoms with Crippen molar-refractivity contribution in [3.05, 3.63) is 47.6 Å². The largest absolute Gasteiger partial charge is 0.390 e. The fourth-order valence-corrected chi connectivity index (χ4v) is 14.8. The molecule has 0 aromatic carbocycles. The lowest BCUT2D eigenvalue weighted by Crippen LogP contribution is -2.70. The van der Waals surface area contributed by atoms with Gasteiger partial charge in [0.05, 0.1) is 24.4 Å². The summed E-state index contributed by atoms with van der Waals surface area (Å²) in [6.45, 7) is 8.75. The van der Waals surface area contributed by atoms with Gasteiger partial charge in [0.1, 0.15) is 13.2 Å². The van der Waals surface area contributed by atoms with Gasteiger partial charge in [-0.05, 0) is 115 Å². The van der Waals surface area contributed by atoms with Gasteiger partial charge in [-0.1, -0.05) is 37.1 Å². The summed E-state index contributed by atoms with van der Waals surface area (Å²) >= 11 is 0. The Hall–Kier alpha value is -2.82. The number of halogens is 2. The Bertz CT molecular complexity index is 2010. The molecule has 324 valence electrons. The normalized spacial score (nSPS) is 52.3. The molecule has 0 aromatic rings. The summed E-state index contributed by atoms with van der Waals surface area (Å²) in [4.78, 5) is 49.3. The van der Waals surface area contributed by atoms with Crippen molar-refractivity contribution in [2.24, 2.45) is 45.3 Å². The van der Waals surface area contributed by atoms with Crippen molar-refractivity contribution in [3.63, 3.8) is 0 Å². The van der Waals surface area contributed by atoms with Crippen molar-refractivity contribution in [1.82, 2.24) is 0 Å². The van der Waals surface area contributed by atoms with Crippen LogP contribution in [0.3, 0.4) is 0 Å². The second-order valence-corrected chi connectivity index (χ2v) is 20.3. The molecule has 0 aromatic heterocycles.